The van der Waals surface area contributed by atoms with Gasteiger partial charge in [0, 0.05) is 31.7 Å². The number of alkyl halides is 2. The fourth-order valence-corrected chi connectivity index (χ4v) is 3.19. The van der Waals surface area contributed by atoms with Gasteiger partial charge in [0.05, 0.1) is 25.4 Å². The maximum atomic E-state index is 12.6. The Bertz CT molecular complexity index is 581. The van der Waals surface area contributed by atoms with Crippen LogP contribution in [-0.4, -0.2) is 79.0 Å². The molecule has 0 saturated carbocycles. The van der Waals surface area contributed by atoms with Gasteiger partial charge in [0.15, 0.2) is 0 Å². The predicted octanol–water partition coefficient (Wildman–Crippen LogP) is 0.805. The first-order valence-corrected chi connectivity index (χ1v) is 7.88. The number of halogens is 2. The second-order valence-corrected chi connectivity index (χ2v) is 5.90. The fraction of sp³-hybridized carbons (Fsp3) is 0.562. The van der Waals surface area contributed by atoms with E-state index in [1.807, 2.05) is 0 Å². The summed E-state index contributed by atoms with van der Waals surface area (Å²) < 4.78 is 34.2. The SMILES string of the molecule is O=C(c1cccc(OC(F)F)c1)N1C[C@H](O)[C@@H](N2CCOCC2)C1. The number of carbonyl (C=O) groups is 1. The molecule has 2 atom stereocenters. The Morgan fingerprint density at radius 2 is 2.04 bits per heavy atom. The molecule has 2 aliphatic rings. The van der Waals surface area contributed by atoms with E-state index in [4.69, 9.17) is 4.74 Å². The Morgan fingerprint density at radius 3 is 2.75 bits per heavy atom. The van der Waals surface area contributed by atoms with Crippen LogP contribution < -0.4 is 4.74 Å². The summed E-state index contributed by atoms with van der Waals surface area (Å²) in [4.78, 5) is 16.3. The lowest BCUT2D eigenvalue weighted by Gasteiger charge is -2.33. The summed E-state index contributed by atoms with van der Waals surface area (Å²) in [6.45, 7) is 0.368. The standard InChI is InChI=1S/C16H20F2N2O4/c17-16(18)24-12-3-1-2-11(8-12)15(22)20-9-13(14(21)10-20)19-4-6-23-7-5-19/h1-3,8,13-14,16,21H,4-7,9-10H2/t13-,14-/m0/s1. The molecule has 2 fully saturated rings. The number of amides is 1. The number of likely N-dealkylation sites (tertiary alicyclic amines) is 1. The molecule has 24 heavy (non-hydrogen) atoms. The first-order valence-electron chi connectivity index (χ1n) is 7.88. The first kappa shape index (κ1) is 17.1. The third-order valence-electron chi connectivity index (χ3n) is 4.37. The highest BCUT2D eigenvalue weighted by Crippen LogP contribution is 2.22. The Labute approximate surface area is 138 Å². The molecular formula is C16H20F2N2O4. The number of ether oxygens (including phenoxy) is 2. The molecule has 0 aliphatic carbocycles. The Balaban J connectivity index is 1.67. The monoisotopic (exact) mass is 342 g/mol. The third kappa shape index (κ3) is 3.82. The minimum absolute atomic E-state index is 0.0553. The lowest BCUT2D eigenvalue weighted by Crippen LogP contribution is -2.49. The molecule has 2 heterocycles. The van der Waals surface area contributed by atoms with Crippen molar-refractivity contribution in [1.29, 1.82) is 0 Å². The molecule has 0 bridgehead atoms. The quantitative estimate of drug-likeness (QED) is 0.877. The van der Waals surface area contributed by atoms with E-state index >= 15 is 0 Å². The molecular weight excluding hydrogens is 322 g/mol. The summed E-state index contributed by atoms with van der Waals surface area (Å²) in [6.07, 6.45) is -0.632. The van der Waals surface area contributed by atoms with E-state index in [0.29, 0.717) is 19.8 Å². The van der Waals surface area contributed by atoms with Gasteiger partial charge in [-0.1, -0.05) is 6.07 Å². The maximum absolute atomic E-state index is 12.6. The van der Waals surface area contributed by atoms with Crippen molar-refractivity contribution in [3.05, 3.63) is 29.8 Å². The lowest BCUT2D eigenvalue weighted by atomic mass is 10.1. The Kier molecular flexibility index (Phi) is 5.27. The molecule has 1 aromatic rings. The van der Waals surface area contributed by atoms with Crippen LogP contribution in [0.3, 0.4) is 0 Å². The highest BCUT2D eigenvalue weighted by molar-refractivity contribution is 5.94. The largest absolute Gasteiger partial charge is 0.435 e. The maximum Gasteiger partial charge on any atom is 0.387 e. The zero-order chi connectivity index (χ0) is 17.1. The molecule has 2 saturated heterocycles. The molecule has 0 spiro atoms. The normalized spacial score (nSPS) is 25.2. The van der Waals surface area contributed by atoms with Crippen molar-refractivity contribution in [2.24, 2.45) is 0 Å². The van der Waals surface area contributed by atoms with E-state index in [-0.39, 0.29) is 29.8 Å². The van der Waals surface area contributed by atoms with Gasteiger partial charge in [-0.05, 0) is 18.2 Å². The van der Waals surface area contributed by atoms with Crippen molar-refractivity contribution in [1.82, 2.24) is 9.80 Å². The van der Waals surface area contributed by atoms with Gasteiger partial charge in [0.25, 0.3) is 5.91 Å². The topological polar surface area (TPSA) is 62.2 Å². The molecule has 1 amide bonds. The summed E-state index contributed by atoms with van der Waals surface area (Å²) in [7, 11) is 0. The molecule has 0 radical (unpaired) electrons. The van der Waals surface area contributed by atoms with Gasteiger partial charge in [-0.3, -0.25) is 9.69 Å². The number of nitrogens with zero attached hydrogens (tertiary/aromatic N) is 2. The molecule has 1 N–H and O–H groups in total. The summed E-state index contributed by atoms with van der Waals surface area (Å²) in [5.74, 6) is -0.357. The first-order chi connectivity index (χ1) is 11.5. The van der Waals surface area contributed by atoms with Crippen LogP contribution in [0.5, 0.6) is 5.75 Å². The van der Waals surface area contributed by atoms with Crippen LogP contribution in [0.1, 0.15) is 10.4 Å². The second-order valence-electron chi connectivity index (χ2n) is 5.90. The van der Waals surface area contributed by atoms with E-state index < -0.39 is 12.7 Å². The fourth-order valence-electron chi connectivity index (χ4n) is 3.19. The molecule has 0 aromatic heterocycles. The zero-order valence-corrected chi connectivity index (χ0v) is 13.1. The van der Waals surface area contributed by atoms with Crippen LogP contribution >= 0.6 is 0 Å². The molecule has 8 heteroatoms. The number of aliphatic hydroxyl groups is 1. The van der Waals surface area contributed by atoms with Gasteiger partial charge >= 0.3 is 6.61 Å². The minimum Gasteiger partial charge on any atom is -0.435 e. The van der Waals surface area contributed by atoms with Crippen LogP contribution in [0.4, 0.5) is 8.78 Å². The predicted molar refractivity (Wildman–Crippen MR) is 81.2 cm³/mol. The highest BCUT2D eigenvalue weighted by Gasteiger charge is 2.38. The van der Waals surface area contributed by atoms with Gasteiger partial charge in [-0.2, -0.15) is 8.78 Å². The number of hydrogen-bond donors (Lipinski definition) is 1. The summed E-state index contributed by atoms with van der Waals surface area (Å²) >= 11 is 0. The van der Waals surface area contributed by atoms with Gasteiger partial charge < -0.3 is 19.5 Å². The lowest BCUT2D eigenvalue weighted by molar-refractivity contribution is -0.0499. The Morgan fingerprint density at radius 1 is 1.29 bits per heavy atom. The van der Waals surface area contributed by atoms with E-state index in [0.717, 1.165) is 13.1 Å². The molecule has 132 valence electrons. The van der Waals surface area contributed by atoms with Crippen LogP contribution in [0.2, 0.25) is 0 Å². The van der Waals surface area contributed by atoms with Gasteiger partial charge in [-0.15, -0.1) is 0 Å². The van der Waals surface area contributed by atoms with Crippen molar-refractivity contribution >= 4 is 5.91 Å². The number of carbonyl (C=O) groups excluding carboxylic acids is 1. The van der Waals surface area contributed by atoms with Gasteiger partial charge in [-0.25, -0.2) is 0 Å². The highest BCUT2D eigenvalue weighted by atomic mass is 19.3. The molecule has 0 unspecified atom stereocenters. The average molecular weight is 342 g/mol. The van der Waals surface area contributed by atoms with Crippen molar-refractivity contribution in [3.63, 3.8) is 0 Å². The zero-order valence-electron chi connectivity index (χ0n) is 13.1. The number of β-amino-alcohol motifs (C(OH)–C–C–N with tert-alkyl or cyclic N) is 1. The van der Waals surface area contributed by atoms with E-state index in [9.17, 15) is 18.7 Å². The third-order valence-corrected chi connectivity index (χ3v) is 4.37. The number of hydrogen-bond acceptors (Lipinski definition) is 5. The molecule has 6 nitrogen and oxygen atoms in total. The molecule has 1 aromatic carbocycles. The van der Waals surface area contributed by atoms with Gasteiger partial charge in [0.1, 0.15) is 5.75 Å². The van der Waals surface area contributed by atoms with E-state index in [1.54, 1.807) is 11.0 Å². The Hall–Kier alpha value is -1.77. The second kappa shape index (κ2) is 7.42. The van der Waals surface area contributed by atoms with E-state index in [1.165, 1.54) is 18.2 Å². The van der Waals surface area contributed by atoms with Crippen molar-refractivity contribution in [3.8, 4) is 5.75 Å². The minimum atomic E-state index is -2.94. The van der Waals surface area contributed by atoms with Crippen LogP contribution in [0.25, 0.3) is 0 Å². The number of aliphatic hydroxyl groups excluding tert-OH is 1. The molecule has 3 rings (SSSR count). The van der Waals surface area contributed by atoms with Crippen LogP contribution in [-0.2, 0) is 4.74 Å². The number of rotatable bonds is 4. The smallest absolute Gasteiger partial charge is 0.387 e. The summed E-state index contributed by atoms with van der Waals surface area (Å²) in [6, 6.07) is 5.59. The average Bonchev–Trinajstić information content (AvgIpc) is 2.96. The van der Waals surface area contributed by atoms with E-state index in [2.05, 4.69) is 9.64 Å². The van der Waals surface area contributed by atoms with Crippen molar-refractivity contribution in [2.45, 2.75) is 18.8 Å². The molecule has 2 aliphatic heterocycles. The van der Waals surface area contributed by atoms with Crippen LogP contribution in [0, 0.1) is 0 Å². The van der Waals surface area contributed by atoms with Crippen molar-refractivity contribution in [2.75, 3.05) is 39.4 Å². The summed E-state index contributed by atoms with van der Waals surface area (Å²) in [5, 5.41) is 10.3. The number of morpholine rings is 1. The number of benzene rings is 1. The van der Waals surface area contributed by atoms with Crippen LogP contribution in [0.15, 0.2) is 24.3 Å². The summed E-state index contributed by atoms with van der Waals surface area (Å²) in [5.41, 5.74) is 0.267. The van der Waals surface area contributed by atoms with Crippen molar-refractivity contribution < 1.29 is 28.2 Å². The van der Waals surface area contributed by atoms with Gasteiger partial charge in [0.2, 0.25) is 0 Å².